The smallest absolute Gasteiger partial charge is 0.326 e. The number of nitrogens with one attached hydrogen (secondary N) is 2. The summed E-state index contributed by atoms with van der Waals surface area (Å²) in [6, 6.07) is 14.2. The van der Waals surface area contributed by atoms with Crippen LogP contribution >= 0.6 is 0 Å². The molecule has 3 N–H and O–H groups in total. The van der Waals surface area contributed by atoms with Gasteiger partial charge in [0.05, 0.1) is 29.0 Å². The number of aromatic amines is 1. The van der Waals surface area contributed by atoms with E-state index >= 15 is 0 Å². The molecule has 2 aromatic carbocycles. The van der Waals surface area contributed by atoms with Crippen LogP contribution in [0.2, 0.25) is 0 Å². The summed E-state index contributed by atoms with van der Waals surface area (Å²) in [6.07, 6.45) is 6.17. The van der Waals surface area contributed by atoms with Gasteiger partial charge < -0.3 is 20.3 Å². The predicted molar refractivity (Wildman–Crippen MR) is 135 cm³/mol. The minimum Gasteiger partial charge on any atom is -0.480 e. The maximum atomic E-state index is 12.9. The largest absolute Gasteiger partial charge is 0.480 e. The van der Waals surface area contributed by atoms with Crippen molar-refractivity contribution in [3.8, 4) is 0 Å². The number of hydrogen-bond donors (Lipinski definition) is 3. The highest BCUT2D eigenvalue weighted by Gasteiger charge is 2.23. The number of carbonyl (C=O) groups is 1. The number of aromatic nitrogens is 2. The van der Waals surface area contributed by atoms with Crippen molar-refractivity contribution in [3.05, 3.63) is 52.9 Å². The maximum absolute atomic E-state index is 12.9. The third-order valence-electron chi connectivity index (χ3n) is 7.18. The summed E-state index contributed by atoms with van der Waals surface area (Å²) in [5.41, 5.74) is 4.70. The standard InChI is InChI=1S/C26H33N5O3/c32-25(33)18-29-11-13-30(14-12-29)23-16-24-22(15-21(23)27-20-9-5-2-6-10-20)28-26(34)31(24)17-19-7-3-1-4-8-19/h2,5-6,9-10,15-16,19,27H,1,3-4,7-8,11-14,17-18H2,(H,28,34)(H,32,33). The van der Waals surface area contributed by atoms with Gasteiger partial charge >= 0.3 is 11.7 Å². The quantitative estimate of drug-likeness (QED) is 0.493. The number of rotatable bonds is 7. The Balaban J connectivity index is 1.49. The summed E-state index contributed by atoms with van der Waals surface area (Å²) >= 11 is 0. The minimum absolute atomic E-state index is 0.0466. The number of piperazine rings is 1. The molecule has 34 heavy (non-hydrogen) atoms. The maximum Gasteiger partial charge on any atom is 0.326 e. The molecule has 1 saturated heterocycles. The van der Waals surface area contributed by atoms with Gasteiger partial charge in [-0.15, -0.1) is 0 Å². The molecule has 0 bridgehead atoms. The Morgan fingerprint density at radius 1 is 1.03 bits per heavy atom. The Kier molecular flexibility index (Phi) is 6.58. The lowest BCUT2D eigenvalue weighted by Crippen LogP contribution is -2.48. The van der Waals surface area contributed by atoms with E-state index in [0.29, 0.717) is 19.0 Å². The molecule has 8 heteroatoms. The number of imidazole rings is 1. The van der Waals surface area contributed by atoms with Gasteiger partial charge in [-0.05, 0) is 43.0 Å². The van der Waals surface area contributed by atoms with Crippen LogP contribution in [0.25, 0.3) is 11.0 Å². The molecule has 3 aromatic rings. The second kappa shape index (κ2) is 9.93. The lowest BCUT2D eigenvalue weighted by molar-refractivity contribution is -0.138. The van der Waals surface area contributed by atoms with Crippen LogP contribution in [-0.2, 0) is 11.3 Å². The number of aliphatic carboxylic acids is 1. The van der Waals surface area contributed by atoms with Crippen molar-refractivity contribution in [2.24, 2.45) is 5.92 Å². The summed E-state index contributed by atoms with van der Waals surface area (Å²) < 4.78 is 1.92. The first-order valence-corrected chi connectivity index (χ1v) is 12.3. The van der Waals surface area contributed by atoms with Crippen molar-refractivity contribution in [3.63, 3.8) is 0 Å². The molecule has 1 aliphatic carbocycles. The zero-order valence-electron chi connectivity index (χ0n) is 19.5. The van der Waals surface area contributed by atoms with E-state index in [1.165, 1.54) is 32.1 Å². The van der Waals surface area contributed by atoms with Crippen molar-refractivity contribution >= 4 is 34.1 Å². The number of H-pyrrole nitrogens is 1. The number of carboxylic acid groups (broad SMARTS) is 1. The summed E-state index contributed by atoms with van der Waals surface area (Å²) in [7, 11) is 0. The van der Waals surface area contributed by atoms with Crippen LogP contribution in [0.5, 0.6) is 0 Å². The second-order valence-corrected chi connectivity index (χ2v) is 9.58. The number of fused-ring (bicyclic) bond motifs is 1. The van der Waals surface area contributed by atoms with Gasteiger partial charge in [0.15, 0.2) is 0 Å². The number of nitrogens with zero attached hydrogens (tertiary/aromatic N) is 3. The van der Waals surface area contributed by atoms with Gasteiger partial charge in [-0.3, -0.25) is 14.3 Å². The molecular weight excluding hydrogens is 430 g/mol. The van der Waals surface area contributed by atoms with Crippen molar-refractivity contribution in [1.82, 2.24) is 14.5 Å². The van der Waals surface area contributed by atoms with Gasteiger partial charge in [-0.25, -0.2) is 4.79 Å². The summed E-state index contributed by atoms with van der Waals surface area (Å²) in [4.78, 5) is 31.4. The van der Waals surface area contributed by atoms with E-state index in [9.17, 15) is 9.59 Å². The Labute approximate surface area is 199 Å². The fourth-order valence-corrected chi connectivity index (χ4v) is 5.38. The Bertz CT molecular complexity index is 1190. The van der Waals surface area contributed by atoms with E-state index in [1.54, 1.807) is 0 Å². The van der Waals surface area contributed by atoms with E-state index < -0.39 is 5.97 Å². The highest BCUT2D eigenvalue weighted by Crippen LogP contribution is 2.34. The molecular formula is C26H33N5O3. The van der Waals surface area contributed by atoms with Gasteiger partial charge in [0.25, 0.3) is 0 Å². The van der Waals surface area contributed by atoms with Crippen LogP contribution in [0.3, 0.4) is 0 Å². The fraction of sp³-hybridized carbons (Fsp3) is 0.462. The molecule has 2 fully saturated rings. The molecule has 180 valence electrons. The topological polar surface area (TPSA) is 93.6 Å². The van der Waals surface area contributed by atoms with Gasteiger partial charge in [0.2, 0.25) is 0 Å². The first-order valence-electron chi connectivity index (χ1n) is 12.3. The predicted octanol–water partition coefficient (Wildman–Crippen LogP) is 3.86. The molecule has 0 spiro atoms. The van der Waals surface area contributed by atoms with E-state index in [4.69, 9.17) is 5.11 Å². The Morgan fingerprint density at radius 3 is 2.47 bits per heavy atom. The van der Waals surface area contributed by atoms with Crippen molar-refractivity contribution in [1.29, 1.82) is 0 Å². The normalized spacial score (nSPS) is 17.8. The zero-order chi connectivity index (χ0) is 23.5. The highest BCUT2D eigenvalue weighted by molar-refractivity contribution is 5.90. The average Bonchev–Trinajstić information content (AvgIpc) is 3.14. The molecule has 0 amide bonds. The van der Waals surface area contributed by atoms with Gasteiger partial charge in [0, 0.05) is 38.4 Å². The van der Waals surface area contributed by atoms with E-state index in [1.807, 2.05) is 45.9 Å². The lowest BCUT2D eigenvalue weighted by atomic mass is 9.89. The molecule has 1 aromatic heterocycles. The molecule has 1 aliphatic heterocycles. The minimum atomic E-state index is -0.791. The molecule has 5 rings (SSSR count). The molecule has 0 atom stereocenters. The van der Waals surface area contributed by atoms with Gasteiger partial charge in [0.1, 0.15) is 0 Å². The van der Waals surface area contributed by atoms with E-state index in [-0.39, 0.29) is 12.2 Å². The Hall–Kier alpha value is -3.26. The third kappa shape index (κ3) is 4.97. The monoisotopic (exact) mass is 463 g/mol. The summed E-state index contributed by atoms with van der Waals surface area (Å²) in [5, 5.41) is 12.7. The molecule has 0 radical (unpaired) electrons. The van der Waals surface area contributed by atoms with Gasteiger partial charge in [-0.2, -0.15) is 0 Å². The van der Waals surface area contributed by atoms with Crippen molar-refractivity contribution < 1.29 is 9.90 Å². The van der Waals surface area contributed by atoms with Crippen LogP contribution in [-0.4, -0.2) is 58.3 Å². The fourth-order valence-electron chi connectivity index (χ4n) is 5.38. The zero-order valence-corrected chi connectivity index (χ0v) is 19.5. The van der Waals surface area contributed by atoms with Crippen LogP contribution < -0.4 is 15.9 Å². The van der Waals surface area contributed by atoms with Crippen molar-refractivity contribution in [2.75, 3.05) is 42.9 Å². The summed E-state index contributed by atoms with van der Waals surface area (Å²) in [6.45, 7) is 3.68. The lowest BCUT2D eigenvalue weighted by Gasteiger charge is -2.36. The molecule has 8 nitrogen and oxygen atoms in total. The van der Waals surface area contributed by atoms with Crippen LogP contribution in [0, 0.1) is 5.92 Å². The first-order chi connectivity index (χ1) is 16.6. The average molecular weight is 464 g/mol. The number of hydrogen-bond acceptors (Lipinski definition) is 5. The van der Waals surface area contributed by atoms with Crippen LogP contribution in [0.4, 0.5) is 17.1 Å². The van der Waals surface area contributed by atoms with Crippen LogP contribution in [0.15, 0.2) is 47.3 Å². The number of anilines is 3. The van der Waals surface area contributed by atoms with Crippen molar-refractivity contribution in [2.45, 2.75) is 38.6 Å². The first kappa shape index (κ1) is 22.5. The highest BCUT2D eigenvalue weighted by atomic mass is 16.4. The van der Waals surface area contributed by atoms with Crippen LogP contribution in [0.1, 0.15) is 32.1 Å². The molecule has 2 aliphatic rings. The molecule has 1 saturated carbocycles. The Morgan fingerprint density at radius 2 is 1.76 bits per heavy atom. The van der Waals surface area contributed by atoms with Gasteiger partial charge in [-0.1, -0.05) is 37.5 Å². The summed E-state index contributed by atoms with van der Waals surface area (Å²) in [5.74, 6) is -0.240. The number of benzene rings is 2. The second-order valence-electron chi connectivity index (χ2n) is 9.58. The molecule has 2 heterocycles. The molecule has 0 unspecified atom stereocenters. The number of para-hydroxylation sites is 1. The SMILES string of the molecule is O=C(O)CN1CCN(c2cc3c(cc2Nc2ccccc2)[nH]c(=O)n3CC2CCCCC2)CC1. The number of carboxylic acids is 1. The van der Waals surface area contributed by atoms with E-state index in [0.717, 1.165) is 47.7 Å². The van der Waals surface area contributed by atoms with E-state index in [2.05, 4.69) is 21.3 Å². The third-order valence-corrected chi connectivity index (χ3v) is 7.18.